The van der Waals surface area contributed by atoms with Gasteiger partial charge in [-0.2, -0.15) is 0 Å². The molecular formula is C12H24N2O9. The minimum Gasteiger partial charge on any atom is -0.480 e. The van der Waals surface area contributed by atoms with Gasteiger partial charge in [0.1, 0.15) is 12.6 Å². The molecule has 0 aromatic heterocycles. The van der Waals surface area contributed by atoms with Gasteiger partial charge in [0, 0.05) is 0 Å². The van der Waals surface area contributed by atoms with Crippen molar-refractivity contribution in [1.29, 1.82) is 0 Å². The first-order chi connectivity index (χ1) is 10.8. The first-order valence-electron chi connectivity index (χ1n) is 6.69. The smallest absolute Gasteiger partial charge is 0.323 e. The molecule has 136 valence electrons. The van der Waals surface area contributed by atoms with Crippen LogP contribution in [0.1, 0.15) is 0 Å². The molecule has 0 spiro atoms. The molecule has 11 nitrogen and oxygen atoms in total. The molecule has 0 fully saturated rings. The van der Waals surface area contributed by atoms with Crippen LogP contribution in [0.4, 0.5) is 0 Å². The largest absolute Gasteiger partial charge is 0.480 e. The molecule has 0 rings (SSSR count). The molecule has 0 aromatic rings. The summed E-state index contributed by atoms with van der Waals surface area (Å²) in [6.07, 6.45) is 0. The Morgan fingerprint density at radius 3 is 1.83 bits per heavy atom. The number of carbonyl (C=O) groups is 2. The standard InChI is InChI=1S/C12H24N2O9/c13-9(11(2-15,3-16)4-17)10(22)23-7-12(5-18,6-19)14-1-8(20)21/h9,14-19H,1-7,13H2,(H,20,21). The summed E-state index contributed by atoms with van der Waals surface area (Å²) >= 11 is 0. The van der Waals surface area contributed by atoms with Crippen LogP contribution in [-0.2, 0) is 14.3 Å². The fraction of sp³-hybridized carbons (Fsp3) is 0.833. The number of nitrogens with one attached hydrogen (secondary N) is 1. The van der Waals surface area contributed by atoms with Crippen LogP contribution in [0.25, 0.3) is 0 Å². The first kappa shape index (κ1) is 21.7. The van der Waals surface area contributed by atoms with Gasteiger partial charge < -0.3 is 41.1 Å². The first-order valence-corrected chi connectivity index (χ1v) is 6.69. The summed E-state index contributed by atoms with van der Waals surface area (Å²) in [6, 6.07) is -1.57. The number of hydrogen-bond donors (Lipinski definition) is 8. The molecule has 0 saturated heterocycles. The summed E-state index contributed by atoms with van der Waals surface area (Å²) < 4.78 is 4.82. The number of hydrogen-bond acceptors (Lipinski definition) is 10. The molecule has 1 unspecified atom stereocenters. The minimum atomic E-state index is -1.70. The fourth-order valence-corrected chi connectivity index (χ4v) is 1.56. The summed E-state index contributed by atoms with van der Waals surface area (Å²) in [5, 5.41) is 57.1. The predicted octanol–water partition coefficient (Wildman–Crippen LogP) is -4.78. The van der Waals surface area contributed by atoms with Gasteiger partial charge in [-0.1, -0.05) is 0 Å². The van der Waals surface area contributed by atoms with Crippen molar-refractivity contribution in [3.05, 3.63) is 0 Å². The van der Waals surface area contributed by atoms with Crippen LogP contribution in [0.5, 0.6) is 0 Å². The molecule has 0 heterocycles. The Labute approximate surface area is 132 Å². The number of carboxylic acids is 1. The highest BCUT2D eigenvalue weighted by Crippen LogP contribution is 2.20. The van der Waals surface area contributed by atoms with E-state index in [9.17, 15) is 35.1 Å². The van der Waals surface area contributed by atoms with Crippen molar-refractivity contribution in [3.63, 3.8) is 0 Å². The van der Waals surface area contributed by atoms with Crippen LogP contribution in [0.3, 0.4) is 0 Å². The SMILES string of the molecule is NC(C(=O)OCC(CO)(CO)NCC(=O)O)C(CO)(CO)CO. The number of ether oxygens (including phenoxy) is 1. The number of rotatable bonds is 12. The second kappa shape index (κ2) is 9.72. The van der Waals surface area contributed by atoms with Gasteiger partial charge in [-0.3, -0.25) is 14.9 Å². The number of nitrogens with two attached hydrogens (primary N) is 1. The molecule has 1 atom stereocenters. The zero-order valence-corrected chi connectivity index (χ0v) is 12.5. The lowest BCUT2D eigenvalue weighted by molar-refractivity contribution is -0.156. The van der Waals surface area contributed by atoms with Crippen molar-refractivity contribution in [2.24, 2.45) is 11.1 Å². The van der Waals surface area contributed by atoms with E-state index in [4.69, 9.17) is 15.6 Å². The van der Waals surface area contributed by atoms with Crippen molar-refractivity contribution in [1.82, 2.24) is 5.32 Å². The summed E-state index contributed by atoms with van der Waals surface area (Å²) in [5.41, 5.74) is 2.26. The lowest BCUT2D eigenvalue weighted by Crippen LogP contribution is -2.59. The molecule has 0 radical (unpaired) electrons. The zero-order chi connectivity index (χ0) is 18.1. The maximum absolute atomic E-state index is 11.9. The lowest BCUT2D eigenvalue weighted by atomic mass is 9.83. The second-order valence-corrected chi connectivity index (χ2v) is 5.27. The van der Waals surface area contributed by atoms with Gasteiger partial charge >= 0.3 is 11.9 Å². The van der Waals surface area contributed by atoms with Gasteiger partial charge in [0.2, 0.25) is 0 Å². The topological polar surface area (TPSA) is 203 Å². The number of esters is 1. The summed E-state index contributed by atoms with van der Waals surface area (Å²) in [4.78, 5) is 22.4. The normalized spacial score (nSPS) is 13.7. The van der Waals surface area contributed by atoms with E-state index in [1.807, 2.05) is 0 Å². The molecule has 9 N–H and O–H groups in total. The number of aliphatic hydroxyl groups excluding tert-OH is 5. The molecule has 0 bridgehead atoms. The molecule has 23 heavy (non-hydrogen) atoms. The van der Waals surface area contributed by atoms with Gasteiger partial charge in [0.25, 0.3) is 0 Å². The van der Waals surface area contributed by atoms with E-state index in [0.29, 0.717) is 0 Å². The highest BCUT2D eigenvalue weighted by atomic mass is 16.5. The van der Waals surface area contributed by atoms with Crippen LogP contribution in [0.2, 0.25) is 0 Å². The van der Waals surface area contributed by atoms with Crippen molar-refractivity contribution < 1.29 is 45.0 Å². The summed E-state index contributed by atoms with van der Waals surface area (Å²) in [5.74, 6) is -2.36. The van der Waals surface area contributed by atoms with E-state index in [1.54, 1.807) is 0 Å². The maximum Gasteiger partial charge on any atom is 0.323 e. The van der Waals surface area contributed by atoms with Gasteiger partial charge in [0.05, 0.1) is 50.5 Å². The molecule has 0 amide bonds. The van der Waals surface area contributed by atoms with Crippen LogP contribution in [0.15, 0.2) is 0 Å². The summed E-state index contributed by atoms with van der Waals surface area (Å²) in [6.45, 7) is -5.01. The number of aliphatic hydroxyl groups is 5. The Morgan fingerprint density at radius 1 is 1.00 bits per heavy atom. The van der Waals surface area contributed by atoms with Gasteiger partial charge in [-0.25, -0.2) is 0 Å². The Balaban J connectivity index is 4.89. The quantitative estimate of drug-likeness (QED) is 0.158. The molecule has 11 heteroatoms. The van der Waals surface area contributed by atoms with Crippen LogP contribution >= 0.6 is 0 Å². The van der Waals surface area contributed by atoms with Gasteiger partial charge in [-0.15, -0.1) is 0 Å². The van der Waals surface area contributed by atoms with Crippen molar-refractivity contribution >= 4 is 11.9 Å². The Morgan fingerprint density at radius 2 is 1.48 bits per heavy atom. The van der Waals surface area contributed by atoms with Crippen LogP contribution in [0, 0.1) is 5.41 Å². The Hall–Kier alpha value is -1.34. The predicted molar refractivity (Wildman–Crippen MR) is 75.2 cm³/mol. The number of aliphatic carboxylic acids is 1. The summed E-state index contributed by atoms with van der Waals surface area (Å²) in [7, 11) is 0. The number of carboxylic acid groups (broad SMARTS) is 1. The van der Waals surface area contributed by atoms with Crippen LogP contribution < -0.4 is 11.1 Å². The third-order valence-electron chi connectivity index (χ3n) is 3.57. The molecule has 0 aliphatic rings. The van der Waals surface area contributed by atoms with Crippen molar-refractivity contribution in [2.75, 3.05) is 46.2 Å². The maximum atomic E-state index is 11.9. The van der Waals surface area contributed by atoms with E-state index in [2.05, 4.69) is 5.32 Å². The fourth-order valence-electron chi connectivity index (χ4n) is 1.56. The molecule has 0 saturated carbocycles. The second-order valence-electron chi connectivity index (χ2n) is 5.27. The average Bonchev–Trinajstić information content (AvgIpc) is 2.57. The monoisotopic (exact) mass is 340 g/mol. The van der Waals surface area contributed by atoms with Crippen molar-refractivity contribution in [3.8, 4) is 0 Å². The minimum absolute atomic E-state index is 0.599. The van der Waals surface area contributed by atoms with Gasteiger partial charge in [-0.05, 0) is 0 Å². The van der Waals surface area contributed by atoms with Crippen molar-refractivity contribution in [2.45, 2.75) is 11.6 Å². The molecule has 0 aliphatic heterocycles. The highest BCUT2D eigenvalue weighted by Gasteiger charge is 2.42. The third-order valence-corrected chi connectivity index (χ3v) is 3.57. The Bertz CT molecular complexity index is 374. The van der Waals surface area contributed by atoms with E-state index in [1.165, 1.54) is 0 Å². The third kappa shape index (κ3) is 5.66. The van der Waals surface area contributed by atoms with Crippen LogP contribution in [-0.4, -0.2) is 100 Å². The highest BCUT2D eigenvalue weighted by molar-refractivity contribution is 5.76. The lowest BCUT2D eigenvalue weighted by Gasteiger charge is -2.34. The van der Waals surface area contributed by atoms with E-state index in [0.717, 1.165) is 0 Å². The van der Waals surface area contributed by atoms with Gasteiger partial charge in [0.15, 0.2) is 0 Å². The van der Waals surface area contributed by atoms with E-state index in [-0.39, 0.29) is 0 Å². The molecule has 0 aliphatic carbocycles. The molecular weight excluding hydrogens is 316 g/mol. The Kier molecular flexibility index (Phi) is 9.16. The van der Waals surface area contributed by atoms with E-state index < -0.39 is 75.1 Å². The average molecular weight is 340 g/mol. The van der Waals surface area contributed by atoms with E-state index >= 15 is 0 Å². The zero-order valence-electron chi connectivity index (χ0n) is 12.5. The molecule has 0 aromatic carbocycles. The number of carbonyl (C=O) groups excluding carboxylic acids is 1.